The topological polar surface area (TPSA) is 64.3 Å². The van der Waals surface area contributed by atoms with Crippen molar-refractivity contribution in [3.63, 3.8) is 0 Å². The Labute approximate surface area is 108 Å². The summed E-state index contributed by atoms with van der Waals surface area (Å²) in [7, 11) is 1.62. The fraction of sp³-hybridized carbons (Fsp3) is 0.500. The van der Waals surface area contributed by atoms with Crippen molar-refractivity contribution in [2.75, 3.05) is 13.7 Å². The maximum Gasteiger partial charge on any atom is 0.224 e. The Morgan fingerprint density at radius 1 is 1.50 bits per heavy atom. The third kappa shape index (κ3) is 3.47. The van der Waals surface area contributed by atoms with Crippen LogP contribution in [-0.2, 0) is 11.2 Å². The van der Waals surface area contributed by atoms with Gasteiger partial charge in [-0.05, 0) is 36.5 Å². The average Bonchev–Trinajstić information content (AvgIpc) is 2.33. The molecule has 2 rings (SSSR count). The van der Waals surface area contributed by atoms with Crippen LogP contribution in [0.5, 0.6) is 5.75 Å². The number of nitrogens with one attached hydrogen (secondary N) is 1. The molecule has 0 aromatic heterocycles. The van der Waals surface area contributed by atoms with Crippen LogP contribution in [0, 0.1) is 5.92 Å². The second-order valence-electron chi connectivity index (χ2n) is 4.93. The largest absolute Gasteiger partial charge is 0.497 e. The van der Waals surface area contributed by atoms with Gasteiger partial charge in [0.1, 0.15) is 5.75 Å². The molecule has 0 spiro atoms. The van der Waals surface area contributed by atoms with Crippen LogP contribution in [0.4, 0.5) is 0 Å². The van der Waals surface area contributed by atoms with E-state index in [9.17, 15) is 4.79 Å². The van der Waals surface area contributed by atoms with Gasteiger partial charge in [0, 0.05) is 12.6 Å². The van der Waals surface area contributed by atoms with E-state index in [4.69, 9.17) is 10.5 Å². The molecule has 4 heteroatoms. The molecule has 1 aromatic carbocycles. The van der Waals surface area contributed by atoms with Crippen LogP contribution in [0.2, 0.25) is 0 Å². The first-order valence-corrected chi connectivity index (χ1v) is 6.32. The molecule has 0 atom stereocenters. The number of nitrogens with two attached hydrogens (primary N) is 1. The Morgan fingerprint density at radius 3 is 2.94 bits per heavy atom. The zero-order valence-electron chi connectivity index (χ0n) is 10.7. The highest BCUT2D eigenvalue weighted by Crippen LogP contribution is 2.24. The normalized spacial score (nSPS) is 22.1. The minimum absolute atomic E-state index is 0.0590. The Bertz CT molecular complexity index is 414. The van der Waals surface area contributed by atoms with Crippen molar-refractivity contribution in [2.45, 2.75) is 25.3 Å². The second-order valence-corrected chi connectivity index (χ2v) is 4.93. The first kappa shape index (κ1) is 12.9. The molecule has 0 radical (unpaired) electrons. The van der Waals surface area contributed by atoms with Crippen molar-refractivity contribution in [1.29, 1.82) is 0 Å². The fourth-order valence-electron chi connectivity index (χ4n) is 2.24. The summed E-state index contributed by atoms with van der Waals surface area (Å²) in [5.74, 6) is 1.41. The van der Waals surface area contributed by atoms with Crippen molar-refractivity contribution in [1.82, 2.24) is 5.32 Å². The lowest BCUT2D eigenvalue weighted by Crippen LogP contribution is -2.42. The smallest absolute Gasteiger partial charge is 0.224 e. The molecule has 98 valence electrons. The van der Waals surface area contributed by atoms with Crippen LogP contribution in [0.3, 0.4) is 0 Å². The Balaban J connectivity index is 1.76. The molecule has 4 nitrogen and oxygen atoms in total. The van der Waals surface area contributed by atoms with Crippen LogP contribution < -0.4 is 15.8 Å². The SMILES string of the molecule is COc1cccc(CC(=O)NCC2CC(N)C2)c1. The third-order valence-electron chi connectivity index (χ3n) is 3.36. The zero-order valence-corrected chi connectivity index (χ0v) is 10.7. The van der Waals surface area contributed by atoms with Gasteiger partial charge in [-0.3, -0.25) is 4.79 Å². The predicted octanol–water partition coefficient (Wildman–Crippen LogP) is 1.09. The van der Waals surface area contributed by atoms with Crippen molar-refractivity contribution in [3.05, 3.63) is 29.8 Å². The Morgan fingerprint density at radius 2 is 2.28 bits per heavy atom. The molecule has 1 saturated carbocycles. The summed E-state index contributed by atoms with van der Waals surface area (Å²) in [6.45, 7) is 0.747. The predicted molar refractivity (Wildman–Crippen MR) is 70.4 cm³/mol. The molecule has 1 amide bonds. The van der Waals surface area contributed by atoms with E-state index in [1.54, 1.807) is 7.11 Å². The molecule has 1 fully saturated rings. The highest BCUT2D eigenvalue weighted by atomic mass is 16.5. The summed E-state index contributed by atoms with van der Waals surface area (Å²) >= 11 is 0. The van der Waals surface area contributed by atoms with E-state index >= 15 is 0 Å². The molecule has 0 heterocycles. The van der Waals surface area contributed by atoms with Crippen LogP contribution in [0.1, 0.15) is 18.4 Å². The van der Waals surface area contributed by atoms with Crippen LogP contribution in [-0.4, -0.2) is 25.6 Å². The number of hydrogen-bond donors (Lipinski definition) is 2. The lowest BCUT2D eigenvalue weighted by Gasteiger charge is -2.32. The number of carbonyl (C=O) groups is 1. The zero-order chi connectivity index (χ0) is 13.0. The molecule has 3 N–H and O–H groups in total. The number of carbonyl (C=O) groups excluding carboxylic acids is 1. The highest BCUT2D eigenvalue weighted by molar-refractivity contribution is 5.78. The van der Waals surface area contributed by atoms with E-state index < -0.39 is 0 Å². The third-order valence-corrected chi connectivity index (χ3v) is 3.36. The van der Waals surface area contributed by atoms with Crippen molar-refractivity contribution in [3.8, 4) is 5.75 Å². The summed E-state index contributed by atoms with van der Waals surface area (Å²) in [4.78, 5) is 11.8. The summed E-state index contributed by atoms with van der Waals surface area (Å²) in [6.07, 6.45) is 2.45. The molecule has 0 saturated heterocycles. The van der Waals surface area contributed by atoms with Gasteiger partial charge in [-0.25, -0.2) is 0 Å². The Kier molecular flexibility index (Phi) is 4.20. The average molecular weight is 248 g/mol. The van der Waals surface area contributed by atoms with Gasteiger partial charge in [0.15, 0.2) is 0 Å². The van der Waals surface area contributed by atoms with E-state index in [2.05, 4.69) is 5.32 Å². The number of methoxy groups -OCH3 is 1. The number of ether oxygens (including phenoxy) is 1. The Hall–Kier alpha value is -1.55. The molecular weight excluding hydrogens is 228 g/mol. The highest BCUT2D eigenvalue weighted by Gasteiger charge is 2.25. The standard InChI is InChI=1S/C14H20N2O2/c1-18-13-4-2-3-10(7-13)8-14(17)16-9-11-5-12(15)6-11/h2-4,7,11-12H,5-6,8-9,15H2,1H3,(H,16,17). The van der Waals surface area contributed by atoms with Gasteiger partial charge in [-0.15, -0.1) is 0 Å². The molecular formula is C14H20N2O2. The lowest BCUT2D eigenvalue weighted by molar-refractivity contribution is -0.120. The van der Waals surface area contributed by atoms with Gasteiger partial charge < -0.3 is 15.8 Å². The van der Waals surface area contributed by atoms with Crippen LogP contribution in [0.25, 0.3) is 0 Å². The molecule has 1 aliphatic rings. The number of rotatable bonds is 5. The van der Waals surface area contributed by atoms with Gasteiger partial charge in [0.05, 0.1) is 13.5 Å². The molecule has 0 unspecified atom stereocenters. The van der Waals surface area contributed by atoms with Crippen molar-refractivity contribution in [2.24, 2.45) is 11.7 Å². The quantitative estimate of drug-likeness (QED) is 0.820. The van der Waals surface area contributed by atoms with Gasteiger partial charge >= 0.3 is 0 Å². The van der Waals surface area contributed by atoms with Gasteiger partial charge in [-0.2, -0.15) is 0 Å². The van der Waals surface area contributed by atoms with E-state index in [-0.39, 0.29) is 5.91 Å². The summed E-state index contributed by atoms with van der Waals surface area (Å²) in [5.41, 5.74) is 6.67. The van der Waals surface area contributed by atoms with Crippen molar-refractivity contribution < 1.29 is 9.53 Å². The van der Waals surface area contributed by atoms with Gasteiger partial charge in [-0.1, -0.05) is 12.1 Å². The summed E-state index contributed by atoms with van der Waals surface area (Å²) in [6, 6.07) is 7.93. The first-order chi connectivity index (χ1) is 8.67. The number of hydrogen-bond acceptors (Lipinski definition) is 3. The molecule has 0 bridgehead atoms. The van der Waals surface area contributed by atoms with Crippen molar-refractivity contribution >= 4 is 5.91 Å². The van der Waals surface area contributed by atoms with E-state index in [0.717, 1.165) is 30.7 Å². The van der Waals surface area contributed by atoms with E-state index in [1.807, 2.05) is 24.3 Å². The minimum Gasteiger partial charge on any atom is -0.497 e. The second kappa shape index (κ2) is 5.87. The fourth-order valence-corrected chi connectivity index (χ4v) is 2.24. The first-order valence-electron chi connectivity index (χ1n) is 6.32. The van der Waals surface area contributed by atoms with Crippen LogP contribution >= 0.6 is 0 Å². The summed E-state index contributed by atoms with van der Waals surface area (Å²) in [5, 5.41) is 2.96. The lowest BCUT2D eigenvalue weighted by atomic mass is 9.81. The maximum atomic E-state index is 11.8. The molecule has 1 aliphatic carbocycles. The van der Waals surface area contributed by atoms with E-state index in [1.165, 1.54) is 0 Å². The van der Waals surface area contributed by atoms with Gasteiger partial charge in [0.2, 0.25) is 5.91 Å². The van der Waals surface area contributed by atoms with Gasteiger partial charge in [0.25, 0.3) is 0 Å². The molecule has 0 aliphatic heterocycles. The van der Waals surface area contributed by atoms with Crippen LogP contribution in [0.15, 0.2) is 24.3 Å². The maximum absolute atomic E-state index is 11.8. The minimum atomic E-state index is 0.0590. The number of amides is 1. The number of benzene rings is 1. The molecule has 1 aromatic rings. The van der Waals surface area contributed by atoms with E-state index in [0.29, 0.717) is 18.4 Å². The summed E-state index contributed by atoms with van der Waals surface area (Å²) < 4.78 is 5.13. The monoisotopic (exact) mass is 248 g/mol. The molecule has 18 heavy (non-hydrogen) atoms.